The first kappa shape index (κ1) is 17.8. The molecule has 132 valence electrons. The molecule has 0 atom stereocenters. The van der Waals surface area contributed by atoms with Gasteiger partial charge in [-0.25, -0.2) is 4.79 Å². The number of benzene rings is 2. The number of halogens is 1. The van der Waals surface area contributed by atoms with Crippen LogP contribution in [0.25, 0.3) is 0 Å². The Hall–Kier alpha value is -2.04. The summed E-state index contributed by atoms with van der Waals surface area (Å²) in [5.41, 5.74) is 4.29. The van der Waals surface area contributed by atoms with Crippen molar-refractivity contribution < 1.29 is 4.79 Å². The van der Waals surface area contributed by atoms with Crippen LogP contribution in [-0.2, 0) is 6.54 Å². The van der Waals surface area contributed by atoms with Gasteiger partial charge >= 0.3 is 6.03 Å². The van der Waals surface area contributed by atoms with Crippen molar-refractivity contribution in [2.24, 2.45) is 0 Å². The first-order valence-corrected chi connectivity index (χ1v) is 8.99. The van der Waals surface area contributed by atoms with Gasteiger partial charge in [-0.2, -0.15) is 0 Å². The minimum Gasteiger partial charge on any atom is -0.322 e. The molecule has 1 fully saturated rings. The van der Waals surface area contributed by atoms with E-state index in [0.717, 1.165) is 44.0 Å². The van der Waals surface area contributed by atoms with Gasteiger partial charge < -0.3 is 10.2 Å². The molecule has 1 N–H and O–H groups in total. The topological polar surface area (TPSA) is 35.6 Å². The number of rotatable bonds is 3. The maximum Gasteiger partial charge on any atom is 0.321 e. The molecule has 2 aromatic rings. The number of carbonyl (C=O) groups is 1. The molecule has 1 aliphatic rings. The van der Waals surface area contributed by atoms with E-state index < -0.39 is 0 Å². The lowest BCUT2D eigenvalue weighted by Crippen LogP contribution is -2.49. The standard InChI is InChI=1S/C20H24ClN3O/c1-15-5-3-6-17(13-15)14-23-9-11-24(12-10-23)20(25)22-19-8-4-7-18(21)16(19)2/h3-8,13H,9-12,14H2,1-2H3,(H,22,25). The molecule has 0 aromatic heterocycles. The average Bonchev–Trinajstić information content (AvgIpc) is 2.59. The van der Waals surface area contributed by atoms with Gasteiger partial charge in [0.25, 0.3) is 0 Å². The zero-order chi connectivity index (χ0) is 17.8. The summed E-state index contributed by atoms with van der Waals surface area (Å²) >= 11 is 6.12. The van der Waals surface area contributed by atoms with Gasteiger partial charge in [-0.3, -0.25) is 4.90 Å². The zero-order valence-corrected chi connectivity index (χ0v) is 15.5. The number of hydrogen-bond acceptors (Lipinski definition) is 2. The fourth-order valence-corrected chi connectivity index (χ4v) is 3.29. The third-order valence-electron chi connectivity index (χ3n) is 4.66. The van der Waals surface area contributed by atoms with E-state index in [-0.39, 0.29) is 6.03 Å². The van der Waals surface area contributed by atoms with Gasteiger partial charge in [-0.15, -0.1) is 0 Å². The summed E-state index contributed by atoms with van der Waals surface area (Å²) in [5, 5.41) is 3.64. The number of aryl methyl sites for hydroxylation is 1. The third kappa shape index (κ3) is 4.53. The zero-order valence-electron chi connectivity index (χ0n) is 14.8. The van der Waals surface area contributed by atoms with Crippen molar-refractivity contribution in [2.75, 3.05) is 31.5 Å². The quantitative estimate of drug-likeness (QED) is 0.888. The Bertz CT molecular complexity index is 754. The number of anilines is 1. The number of carbonyl (C=O) groups excluding carboxylic acids is 1. The summed E-state index contributed by atoms with van der Waals surface area (Å²) in [5.74, 6) is 0. The molecule has 2 aromatic carbocycles. The highest BCUT2D eigenvalue weighted by molar-refractivity contribution is 6.31. The van der Waals surface area contributed by atoms with Crippen LogP contribution in [-0.4, -0.2) is 42.0 Å². The predicted molar refractivity (Wildman–Crippen MR) is 103 cm³/mol. The molecule has 0 unspecified atom stereocenters. The summed E-state index contributed by atoms with van der Waals surface area (Å²) in [6.07, 6.45) is 0. The molecule has 1 heterocycles. The number of hydrogen-bond donors (Lipinski definition) is 1. The summed E-state index contributed by atoms with van der Waals surface area (Å²) in [4.78, 5) is 16.8. The van der Waals surface area contributed by atoms with E-state index in [1.807, 2.05) is 30.0 Å². The van der Waals surface area contributed by atoms with Gasteiger partial charge in [-0.05, 0) is 37.1 Å². The van der Waals surface area contributed by atoms with Crippen molar-refractivity contribution in [1.82, 2.24) is 9.80 Å². The molecule has 0 radical (unpaired) electrons. The maximum absolute atomic E-state index is 12.5. The molecular formula is C20H24ClN3O. The molecule has 25 heavy (non-hydrogen) atoms. The Morgan fingerprint density at radius 3 is 2.52 bits per heavy atom. The molecule has 1 saturated heterocycles. The van der Waals surface area contributed by atoms with Crippen LogP contribution in [0.3, 0.4) is 0 Å². The molecule has 1 aliphatic heterocycles. The van der Waals surface area contributed by atoms with Gasteiger partial charge in [0.05, 0.1) is 0 Å². The monoisotopic (exact) mass is 357 g/mol. The predicted octanol–water partition coefficient (Wildman–Crippen LogP) is 4.31. The van der Waals surface area contributed by atoms with Crippen LogP contribution in [0.2, 0.25) is 5.02 Å². The smallest absolute Gasteiger partial charge is 0.321 e. The van der Waals surface area contributed by atoms with Crippen molar-refractivity contribution >= 4 is 23.3 Å². The molecule has 4 nitrogen and oxygen atoms in total. The van der Waals surface area contributed by atoms with Gasteiger partial charge in [0.15, 0.2) is 0 Å². The normalized spacial score (nSPS) is 15.2. The van der Waals surface area contributed by atoms with Crippen LogP contribution < -0.4 is 5.32 Å². The Kier molecular flexibility index (Phi) is 5.61. The van der Waals surface area contributed by atoms with Crippen LogP contribution in [0.4, 0.5) is 10.5 Å². The van der Waals surface area contributed by atoms with Crippen LogP contribution in [0.5, 0.6) is 0 Å². The van der Waals surface area contributed by atoms with Crippen LogP contribution in [0, 0.1) is 13.8 Å². The van der Waals surface area contributed by atoms with Crippen molar-refractivity contribution in [1.29, 1.82) is 0 Å². The Labute approximate surface area is 154 Å². The average molecular weight is 358 g/mol. The fraction of sp³-hybridized carbons (Fsp3) is 0.350. The van der Waals surface area contributed by atoms with E-state index in [1.165, 1.54) is 11.1 Å². The van der Waals surface area contributed by atoms with E-state index in [4.69, 9.17) is 11.6 Å². The van der Waals surface area contributed by atoms with Crippen LogP contribution in [0.15, 0.2) is 42.5 Å². The van der Waals surface area contributed by atoms with E-state index >= 15 is 0 Å². The van der Waals surface area contributed by atoms with Crippen LogP contribution >= 0.6 is 11.6 Å². The second-order valence-corrected chi connectivity index (χ2v) is 7.00. The molecule has 2 amide bonds. The number of nitrogens with zero attached hydrogens (tertiary/aromatic N) is 2. The summed E-state index contributed by atoms with van der Waals surface area (Å²) in [6.45, 7) is 8.20. The lowest BCUT2D eigenvalue weighted by atomic mass is 10.1. The lowest BCUT2D eigenvalue weighted by molar-refractivity contribution is 0.143. The molecule has 5 heteroatoms. The van der Waals surface area contributed by atoms with Gasteiger partial charge in [0.2, 0.25) is 0 Å². The number of amides is 2. The SMILES string of the molecule is Cc1cccc(CN2CCN(C(=O)Nc3cccc(Cl)c3C)CC2)c1. The summed E-state index contributed by atoms with van der Waals surface area (Å²) in [7, 11) is 0. The Morgan fingerprint density at radius 1 is 1.08 bits per heavy atom. The van der Waals surface area contributed by atoms with Gasteiger partial charge in [0, 0.05) is 43.4 Å². The summed E-state index contributed by atoms with van der Waals surface area (Å²) < 4.78 is 0. The molecule has 0 saturated carbocycles. The number of urea groups is 1. The largest absolute Gasteiger partial charge is 0.322 e. The number of piperazine rings is 1. The minimum absolute atomic E-state index is 0.0550. The minimum atomic E-state index is -0.0550. The second kappa shape index (κ2) is 7.89. The first-order chi connectivity index (χ1) is 12.0. The molecule has 0 spiro atoms. The fourth-order valence-electron chi connectivity index (χ4n) is 3.11. The van der Waals surface area contributed by atoms with E-state index in [2.05, 4.69) is 41.4 Å². The maximum atomic E-state index is 12.5. The Balaban J connectivity index is 1.53. The molecule has 0 aliphatic carbocycles. The summed E-state index contributed by atoms with van der Waals surface area (Å²) in [6, 6.07) is 14.1. The van der Waals surface area contributed by atoms with Gasteiger partial charge in [0.1, 0.15) is 0 Å². The molecule has 3 rings (SSSR count). The van der Waals surface area contributed by atoms with Crippen molar-refractivity contribution in [3.8, 4) is 0 Å². The highest BCUT2D eigenvalue weighted by Crippen LogP contribution is 2.23. The lowest BCUT2D eigenvalue weighted by Gasteiger charge is -2.34. The Morgan fingerprint density at radius 2 is 1.80 bits per heavy atom. The molecule has 0 bridgehead atoms. The van der Waals surface area contributed by atoms with Crippen molar-refractivity contribution in [2.45, 2.75) is 20.4 Å². The third-order valence-corrected chi connectivity index (χ3v) is 5.07. The second-order valence-electron chi connectivity index (χ2n) is 6.59. The highest BCUT2D eigenvalue weighted by Gasteiger charge is 2.21. The number of nitrogens with one attached hydrogen (secondary N) is 1. The van der Waals surface area contributed by atoms with E-state index in [0.29, 0.717) is 5.02 Å². The molecular weight excluding hydrogens is 334 g/mol. The van der Waals surface area contributed by atoms with Crippen molar-refractivity contribution in [3.05, 3.63) is 64.2 Å². The van der Waals surface area contributed by atoms with Gasteiger partial charge in [-0.1, -0.05) is 47.5 Å². The van der Waals surface area contributed by atoms with E-state index in [1.54, 1.807) is 0 Å². The van der Waals surface area contributed by atoms with E-state index in [9.17, 15) is 4.79 Å². The first-order valence-electron chi connectivity index (χ1n) is 8.62. The van der Waals surface area contributed by atoms with Crippen molar-refractivity contribution in [3.63, 3.8) is 0 Å². The highest BCUT2D eigenvalue weighted by atomic mass is 35.5. The van der Waals surface area contributed by atoms with Crippen LogP contribution in [0.1, 0.15) is 16.7 Å².